The predicted octanol–water partition coefficient (Wildman–Crippen LogP) is 2.15. The Morgan fingerprint density at radius 2 is 1.92 bits per heavy atom. The fourth-order valence-electron chi connectivity index (χ4n) is 1.97. The number of methoxy groups -OCH3 is 1. The summed E-state index contributed by atoms with van der Waals surface area (Å²) >= 11 is 0. The molecule has 0 radical (unpaired) electrons. The van der Waals surface area contributed by atoms with Crippen molar-refractivity contribution in [1.82, 2.24) is 10.6 Å². The molecule has 0 saturated carbocycles. The van der Waals surface area contributed by atoms with Gasteiger partial charge in [-0.15, -0.1) is 12.4 Å². The van der Waals surface area contributed by atoms with Gasteiger partial charge in [0.15, 0.2) is 11.5 Å². The van der Waals surface area contributed by atoms with Crippen molar-refractivity contribution in [3.05, 3.63) is 27.8 Å². The molecule has 0 aliphatic heterocycles. The van der Waals surface area contributed by atoms with Gasteiger partial charge in [0.2, 0.25) is 0 Å². The van der Waals surface area contributed by atoms with Crippen LogP contribution in [0.4, 0.5) is 5.69 Å². The lowest BCUT2D eigenvalue weighted by Gasteiger charge is -2.12. The first-order chi connectivity index (χ1) is 11.0. The molecular formula is C15H24ClN3O5. The van der Waals surface area contributed by atoms with Crippen LogP contribution < -0.4 is 20.1 Å². The van der Waals surface area contributed by atoms with Crippen molar-refractivity contribution < 1.29 is 19.2 Å². The molecule has 0 spiro atoms. The Bertz CT molecular complexity index is 554. The largest absolute Gasteiger partial charge is 0.493 e. The van der Waals surface area contributed by atoms with E-state index in [4.69, 9.17) is 9.47 Å². The van der Waals surface area contributed by atoms with E-state index in [2.05, 4.69) is 10.6 Å². The Morgan fingerprint density at radius 1 is 1.21 bits per heavy atom. The van der Waals surface area contributed by atoms with Gasteiger partial charge in [-0.05, 0) is 19.9 Å². The molecule has 1 amide bonds. The Hall–Kier alpha value is -2.06. The average molecular weight is 362 g/mol. The summed E-state index contributed by atoms with van der Waals surface area (Å²) in [7, 11) is 1.39. The number of ether oxygens (including phenoxy) is 2. The SMILES string of the molecule is CCCNCCNC(=O)c1cc(OCC)c(OC)cc1[N+](=O)[O-].Cl. The minimum absolute atomic E-state index is 0. The van der Waals surface area contributed by atoms with Crippen LogP contribution in [0.25, 0.3) is 0 Å². The van der Waals surface area contributed by atoms with Gasteiger partial charge in [0, 0.05) is 19.2 Å². The molecule has 24 heavy (non-hydrogen) atoms. The molecule has 1 aromatic rings. The highest BCUT2D eigenvalue weighted by atomic mass is 35.5. The second-order valence-electron chi connectivity index (χ2n) is 4.72. The summed E-state index contributed by atoms with van der Waals surface area (Å²) in [6, 6.07) is 2.55. The topological polar surface area (TPSA) is 103 Å². The number of benzene rings is 1. The minimum atomic E-state index is -0.609. The molecule has 1 aromatic carbocycles. The molecule has 0 aromatic heterocycles. The van der Waals surface area contributed by atoms with Crippen molar-refractivity contribution in [3.63, 3.8) is 0 Å². The lowest BCUT2D eigenvalue weighted by Crippen LogP contribution is -2.32. The maximum atomic E-state index is 12.2. The first kappa shape index (κ1) is 21.9. The van der Waals surface area contributed by atoms with E-state index in [9.17, 15) is 14.9 Å². The van der Waals surface area contributed by atoms with Gasteiger partial charge in [-0.3, -0.25) is 14.9 Å². The molecule has 0 fully saturated rings. The number of amides is 1. The van der Waals surface area contributed by atoms with E-state index in [1.807, 2.05) is 6.92 Å². The lowest BCUT2D eigenvalue weighted by molar-refractivity contribution is -0.385. The van der Waals surface area contributed by atoms with Gasteiger partial charge < -0.3 is 20.1 Å². The number of rotatable bonds is 10. The van der Waals surface area contributed by atoms with Crippen LogP contribution in [-0.2, 0) is 0 Å². The smallest absolute Gasteiger partial charge is 0.286 e. The number of carbonyl (C=O) groups excluding carboxylic acids is 1. The third kappa shape index (κ3) is 6.21. The van der Waals surface area contributed by atoms with Crippen LogP contribution in [0, 0.1) is 10.1 Å². The molecule has 1 rings (SSSR count). The predicted molar refractivity (Wildman–Crippen MR) is 93.6 cm³/mol. The van der Waals surface area contributed by atoms with Gasteiger partial charge in [-0.1, -0.05) is 6.92 Å². The van der Waals surface area contributed by atoms with Crippen LogP contribution in [0.1, 0.15) is 30.6 Å². The van der Waals surface area contributed by atoms with Gasteiger partial charge in [0.25, 0.3) is 11.6 Å². The van der Waals surface area contributed by atoms with E-state index in [0.29, 0.717) is 25.4 Å². The van der Waals surface area contributed by atoms with E-state index in [1.165, 1.54) is 19.2 Å². The molecule has 8 nitrogen and oxygen atoms in total. The number of nitrogens with zero attached hydrogens (tertiary/aromatic N) is 1. The van der Waals surface area contributed by atoms with Crippen molar-refractivity contribution in [2.75, 3.05) is 33.4 Å². The standard InChI is InChI=1S/C15H23N3O5.ClH/c1-4-6-16-7-8-17-15(19)11-9-14(23-5-2)13(22-3)10-12(11)18(20)21;/h9-10,16H,4-8H2,1-3H3,(H,17,19);1H. The maximum absolute atomic E-state index is 12.2. The second kappa shape index (κ2) is 11.5. The summed E-state index contributed by atoms with van der Waals surface area (Å²) in [6.07, 6.45) is 0.996. The Labute approximate surface area is 147 Å². The zero-order chi connectivity index (χ0) is 17.2. The highest BCUT2D eigenvalue weighted by Gasteiger charge is 2.24. The van der Waals surface area contributed by atoms with Crippen LogP contribution in [0.5, 0.6) is 11.5 Å². The van der Waals surface area contributed by atoms with E-state index in [-0.39, 0.29) is 29.4 Å². The molecule has 0 aliphatic rings. The van der Waals surface area contributed by atoms with Crippen LogP contribution in [0.2, 0.25) is 0 Å². The number of nitro benzene ring substituents is 1. The molecule has 0 atom stereocenters. The fourth-order valence-corrected chi connectivity index (χ4v) is 1.97. The lowest BCUT2D eigenvalue weighted by atomic mass is 10.1. The van der Waals surface area contributed by atoms with Crippen molar-refractivity contribution in [1.29, 1.82) is 0 Å². The summed E-state index contributed by atoms with van der Waals surface area (Å²) in [5.41, 5.74) is -0.362. The summed E-state index contributed by atoms with van der Waals surface area (Å²) in [5.74, 6) is 0.00757. The average Bonchev–Trinajstić information content (AvgIpc) is 2.54. The van der Waals surface area contributed by atoms with Crippen molar-refractivity contribution in [3.8, 4) is 11.5 Å². The zero-order valence-corrected chi connectivity index (χ0v) is 14.9. The van der Waals surface area contributed by atoms with Crippen LogP contribution in [-0.4, -0.2) is 44.2 Å². The molecule has 0 unspecified atom stereocenters. The number of halogens is 1. The van der Waals surface area contributed by atoms with Crippen LogP contribution in [0.15, 0.2) is 12.1 Å². The number of hydrogen-bond donors (Lipinski definition) is 2. The molecular weight excluding hydrogens is 338 g/mol. The first-order valence-electron chi connectivity index (χ1n) is 7.53. The first-order valence-corrected chi connectivity index (χ1v) is 7.53. The summed E-state index contributed by atoms with van der Waals surface area (Å²) in [5, 5.41) is 17.0. The number of nitro groups is 1. The molecule has 0 aliphatic carbocycles. The molecule has 136 valence electrons. The molecule has 0 heterocycles. The van der Waals surface area contributed by atoms with Gasteiger partial charge >= 0.3 is 0 Å². The minimum Gasteiger partial charge on any atom is -0.493 e. The monoisotopic (exact) mass is 361 g/mol. The highest BCUT2D eigenvalue weighted by Crippen LogP contribution is 2.34. The summed E-state index contributed by atoms with van der Waals surface area (Å²) < 4.78 is 10.4. The van der Waals surface area contributed by atoms with Crippen molar-refractivity contribution in [2.24, 2.45) is 0 Å². The molecule has 2 N–H and O–H groups in total. The van der Waals surface area contributed by atoms with E-state index >= 15 is 0 Å². The Morgan fingerprint density at radius 3 is 2.46 bits per heavy atom. The normalized spacial score (nSPS) is 9.79. The van der Waals surface area contributed by atoms with Gasteiger partial charge in [0.05, 0.1) is 24.7 Å². The highest BCUT2D eigenvalue weighted by molar-refractivity contribution is 5.99. The number of carbonyl (C=O) groups is 1. The fraction of sp³-hybridized carbons (Fsp3) is 0.533. The Balaban J connectivity index is 0.00000529. The molecule has 0 bridgehead atoms. The molecule has 9 heteroatoms. The number of nitrogens with one attached hydrogen (secondary N) is 2. The van der Waals surface area contributed by atoms with Gasteiger partial charge in [-0.25, -0.2) is 0 Å². The van der Waals surface area contributed by atoms with Crippen molar-refractivity contribution in [2.45, 2.75) is 20.3 Å². The van der Waals surface area contributed by atoms with Crippen molar-refractivity contribution >= 4 is 24.0 Å². The third-order valence-corrected chi connectivity index (χ3v) is 3.04. The van der Waals surface area contributed by atoms with E-state index in [1.54, 1.807) is 6.92 Å². The van der Waals surface area contributed by atoms with Crippen LogP contribution >= 0.6 is 12.4 Å². The number of hydrogen-bond acceptors (Lipinski definition) is 6. The van der Waals surface area contributed by atoms with Gasteiger partial charge in [-0.2, -0.15) is 0 Å². The Kier molecular flexibility index (Phi) is 10.5. The van der Waals surface area contributed by atoms with Crippen LogP contribution in [0.3, 0.4) is 0 Å². The maximum Gasteiger partial charge on any atom is 0.286 e. The molecule has 0 saturated heterocycles. The summed E-state index contributed by atoms with van der Waals surface area (Å²) in [4.78, 5) is 22.8. The van der Waals surface area contributed by atoms with E-state index in [0.717, 1.165) is 13.0 Å². The zero-order valence-electron chi connectivity index (χ0n) is 14.1. The third-order valence-electron chi connectivity index (χ3n) is 3.04. The van der Waals surface area contributed by atoms with Gasteiger partial charge in [0.1, 0.15) is 5.56 Å². The second-order valence-corrected chi connectivity index (χ2v) is 4.72. The van der Waals surface area contributed by atoms with E-state index < -0.39 is 10.8 Å². The quantitative estimate of drug-likeness (QED) is 0.376. The summed E-state index contributed by atoms with van der Waals surface area (Å²) in [6.45, 7) is 6.01.